The number of hydrogen-bond acceptors (Lipinski definition) is 6. The van der Waals surface area contributed by atoms with Gasteiger partial charge in [-0.2, -0.15) is 0 Å². The highest BCUT2D eigenvalue weighted by molar-refractivity contribution is 7.17. The highest BCUT2D eigenvalue weighted by Gasteiger charge is 2.29. The van der Waals surface area contributed by atoms with Crippen LogP contribution in [0.5, 0.6) is 0 Å². The van der Waals surface area contributed by atoms with E-state index in [-0.39, 0.29) is 17.7 Å². The summed E-state index contributed by atoms with van der Waals surface area (Å²) in [5.41, 5.74) is 2.10. The number of nitrogens with one attached hydrogen (secondary N) is 1. The molecular formula is C22H24N2O5S. The van der Waals surface area contributed by atoms with E-state index in [0.29, 0.717) is 22.0 Å². The molecule has 1 amide bonds. The van der Waals surface area contributed by atoms with Gasteiger partial charge in [-0.05, 0) is 68.4 Å². The molecule has 158 valence electrons. The molecule has 1 aromatic carbocycles. The summed E-state index contributed by atoms with van der Waals surface area (Å²) in [7, 11) is 0. The van der Waals surface area contributed by atoms with Crippen LogP contribution in [0.3, 0.4) is 0 Å². The minimum atomic E-state index is -0.475. The topological polar surface area (TPSA) is 98.5 Å². The van der Waals surface area contributed by atoms with Gasteiger partial charge in [-0.25, -0.2) is 4.79 Å². The van der Waals surface area contributed by atoms with Crippen LogP contribution in [0.1, 0.15) is 53.6 Å². The standard InChI is InChI=1S/C22H24N2O5S/c1-13(2)29-22(26)20-17-10-4-14(3)12-18(17)30-21(20)23-19(25)11-7-15-5-8-16(9-6-15)24(27)28/h5-9,11,13-14H,4,10,12H2,1-3H3,(H,23,25)/b11-7+/t14-/m0/s1. The maximum absolute atomic E-state index is 12.7. The average molecular weight is 429 g/mol. The lowest BCUT2D eigenvalue weighted by molar-refractivity contribution is -0.384. The van der Waals surface area contributed by atoms with E-state index in [2.05, 4.69) is 12.2 Å². The van der Waals surface area contributed by atoms with Crippen molar-refractivity contribution in [2.45, 2.75) is 46.1 Å². The van der Waals surface area contributed by atoms with Gasteiger partial charge in [0.2, 0.25) is 5.91 Å². The molecule has 1 aliphatic rings. The number of nitro benzene ring substituents is 1. The number of anilines is 1. The number of benzene rings is 1. The Kier molecular flexibility index (Phi) is 6.66. The fraction of sp³-hybridized carbons (Fsp3) is 0.364. The molecule has 0 aliphatic heterocycles. The molecule has 1 aliphatic carbocycles. The number of ether oxygens (including phenoxy) is 1. The van der Waals surface area contributed by atoms with Crippen LogP contribution < -0.4 is 5.32 Å². The van der Waals surface area contributed by atoms with E-state index >= 15 is 0 Å². The molecule has 0 fully saturated rings. The van der Waals surface area contributed by atoms with E-state index < -0.39 is 10.9 Å². The summed E-state index contributed by atoms with van der Waals surface area (Å²) in [6.45, 7) is 5.77. The third kappa shape index (κ3) is 5.13. The SMILES string of the molecule is CC(C)OC(=O)c1c(NC(=O)/C=C/c2ccc([N+](=O)[O-])cc2)sc2c1CC[C@H](C)C2. The number of carbonyl (C=O) groups excluding carboxylic acids is 2. The van der Waals surface area contributed by atoms with Gasteiger partial charge in [-0.3, -0.25) is 14.9 Å². The molecule has 1 atom stereocenters. The number of nitrogens with zero attached hydrogens (tertiary/aromatic N) is 1. The van der Waals surface area contributed by atoms with Crippen molar-refractivity contribution in [1.29, 1.82) is 0 Å². The number of hydrogen-bond donors (Lipinski definition) is 1. The van der Waals surface area contributed by atoms with Crippen molar-refractivity contribution < 1.29 is 19.2 Å². The Hall–Kier alpha value is -3.00. The zero-order valence-corrected chi connectivity index (χ0v) is 18.0. The number of esters is 1. The number of carbonyl (C=O) groups is 2. The molecule has 0 radical (unpaired) electrons. The van der Waals surface area contributed by atoms with Gasteiger partial charge in [0.1, 0.15) is 5.00 Å². The van der Waals surface area contributed by atoms with E-state index in [0.717, 1.165) is 29.7 Å². The molecule has 2 aromatic rings. The molecule has 30 heavy (non-hydrogen) atoms. The van der Waals surface area contributed by atoms with Gasteiger partial charge in [-0.1, -0.05) is 6.92 Å². The van der Waals surface area contributed by atoms with E-state index in [4.69, 9.17) is 4.74 Å². The summed E-state index contributed by atoms with van der Waals surface area (Å²) in [5, 5.41) is 14.1. The minimum Gasteiger partial charge on any atom is -0.459 e. The summed E-state index contributed by atoms with van der Waals surface area (Å²) in [4.78, 5) is 36.6. The first-order valence-corrected chi connectivity index (χ1v) is 10.6. The van der Waals surface area contributed by atoms with Crippen LogP contribution in [0.4, 0.5) is 10.7 Å². The summed E-state index contributed by atoms with van der Waals surface area (Å²) in [5.74, 6) is -0.249. The van der Waals surface area contributed by atoms with Gasteiger partial charge < -0.3 is 10.1 Å². The van der Waals surface area contributed by atoms with Crippen molar-refractivity contribution in [2.24, 2.45) is 5.92 Å². The smallest absolute Gasteiger partial charge is 0.341 e. The number of nitro groups is 1. The Balaban J connectivity index is 1.80. The molecule has 3 rings (SSSR count). The highest BCUT2D eigenvalue weighted by Crippen LogP contribution is 2.40. The minimum absolute atomic E-state index is 0.0108. The van der Waals surface area contributed by atoms with E-state index in [1.165, 1.54) is 29.5 Å². The second kappa shape index (κ2) is 9.21. The summed E-state index contributed by atoms with van der Waals surface area (Å²) < 4.78 is 5.41. The molecule has 0 unspecified atom stereocenters. The van der Waals surface area contributed by atoms with E-state index in [1.54, 1.807) is 32.1 Å². The van der Waals surface area contributed by atoms with Crippen LogP contribution in [0, 0.1) is 16.0 Å². The van der Waals surface area contributed by atoms with Crippen molar-refractivity contribution in [1.82, 2.24) is 0 Å². The van der Waals surface area contributed by atoms with E-state index in [9.17, 15) is 19.7 Å². The maximum atomic E-state index is 12.7. The quantitative estimate of drug-likeness (QED) is 0.302. The molecule has 0 bridgehead atoms. The largest absolute Gasteiger partial charge is 0.459 e. The zero-order valence-electron chi connectivity index (χ0n) is 17.1. The number of fused-ring (bicyclic) bond motifs is 1. The van der Waals surface area contributed by atoms with Crippen molar-refractivity contribution in [2.75, 3.05) is 5.32 Å². The Morgan fingerprint density at radius 1 is 1.30 bits per heavy atom. The molecular weight excluding hydrogens is 404 g/mol. The Bertz CT molecular complexity index is 992. The fourth-order valence-corrected chi connectivity index (χ4v) is 4.76. The molecule has 1 N–H and O–H groups in total. The summed E-state index contributed by atoms with van der Waals surface area (Å²) in [6.07, 6.45) is 5.35. The van der Waals surface area contributed by atoms with Gasteiger partial charge in [-0.15, -0.1) is 11.3 Å². The molecule has 0 spiro atoms. The third-order valence-corrected chi connectivity index (χ3v) is 6.00. The Morgan fingerprint density at radius 3 is 2.63 bits per heavy atom. The predicted molar refractivity (Wildman–Crippen MR) is 117 cm³/mol. The fourth-order valence-electron chi connectivity index (χ4n) is 3.36. The number of rotatable bonds is 6. The van der Waals surface area contributed by atoms with Crippen molar-refractivity contribution in [3.8, 4) is 0 Å². The number of thiophene rings is 1. The van der Waals surface area contributed by atoms with Crippen LogP contribution in [0.15, 0.2) is 30.3 Å². The lowest BCUT2D eigenvalue weighted by Crippen LogP contribution is -2.18. The normalized spacial score (nSPS) is 15.8. The molecule has 0 saturated carbocycles. The van der Waals surface area contributed by atoms with Gasteiger partial charge in [0, 0.05) is 23.1 Å². The van der Waals surface area contributed by atoms with Crippen molar-refractivity contribution >= 4 is 40.0 Å². The first-order chi connectivity index (χ1) is 14.2. The summed E-state index contributed by atoms with van der Waals surface area (Å²) >= 11 is 1.43. The van der Waals surface area contributed by atoms with Crippen molar-refractivity contribution in [3.05, 3.63) is 62.0 Å². The Morgan fingerprint density at radius 2 is 2.00 bits per heavy atom. The second-order valence-electron chi connectivity index (χ2n) is 7.68. The Labute approximate surface area is 178 Å². The van der Waals surface area contributed by atoms with Crippen LogP contribution in [-0.2, 0) is 22.4 Å². The van der Waals surface area contributed by atoms with Crippen LogP contribution in [0.2, 0.25) is 0 Å². The van der Waals surface area contributed by atoms with Crippen LogP contribution >= 0.6 is 11.3 Å². The van der Waals surface area contributed by atoms with Crippen molar-refractivity contribution in [3.63, 3.8) is 0 Å². The average Bonchev–Trinajstić information content (AvgIpc) is 3.02. The molecule has 7 nitrogen and oxygen atoms in total. The maximum Gasteiger partial charge on any atom is 0.341 e. The van der Waals surface area contributed by atoms with Gasteiger partial charge in [0.25, 0.3) is 5.69 Å². The van der Waals surface area contributed by atoms with Gasteiger partial charge in [0.05, 0.1) is 16.6 Å². The van der Waals surface area contributed by atoms with Crippen LogP contribution in [0.25, 0.3) is 6.08 Å². The molecule has 8 heteroatoms. The van der Waals surface area contributed by atoms with Gasteiger partial charge in [0.15, 0.2) is 0 Å². The van der Waals surface area contributed by atoms with E-state index in [1.807, 2.05) is 0 Å². The summed E-state index contributed by atoms with van der Waals surface area (Å²) in [6, 6.07) is 5.90. The number of non-ortho nitro benzene ring substituents is 1. The first-order valence-electron chi connectivity index (χ1n) is 9.83. The molecule has 0 saturated heterocycles. The van der Waals surface area contributed by atoms with Gasteiger partial charge >= 0.3 is 5.97 Å². The first kappa shape index (κ1) is 21.7. The highest BCUT2D eigenvalue weighted by atomic mass is 32.1. The predicted octanol–water partition coefficient (Wildman–Crippen LogP) is 5.00. The molecule has 1 aromatic heterocycles. The lowest BCUT2D eigenvalue weighted by Gasteiger charge is -2.18. The molecule has 1 heterocycles. The monoisotopic (exact) mass is 428 g/mol. The zero-order chi connectivity index (χ0) is 21.8. The second-order valence-corrected chi connectivity index (χ2v) is 8.79. The number of amides is 1. The lowest BCUT2D eigenvalue weighted by atomic mass is 9.88. The third-order valence-electron chi connectivity index (χ3n) is 4.83. The van der Waals surface area contributed by atoms with Crippen LogP contribution in [-0.4, -0.2) is 22.9 Å².